The van der Waals surface area contributed by atoms with E-state index in [4.69, 9.17) is 4.74 Å². The Bertz CT molecular complexity index is 331. The zero-order valence-electron chi connectivity index (χ0n) is 10.7. The molecular weight excluding hydrogens is 200 g/mol. The quantitative estimate of drug-likeness (QED) is 0.828. The van der Waals surface area contributed by atoms with Gasteiger partial charge in [0.1, 0.15) is 6.10 Å². The van der Waals surface area contributed by atoms with Crippen LogP contribution < -0.4 is 0 Å². The first-order chi connectivity index (χ1) is 7.44. The van der Waals surface area contributed by atoms with Gasteiger partial charge in [-0.1, -0.05) is 36.8 Å². The van der Waals surface area contributed by atoms with Crippen LogP contribution in [0.5, 0.6) is 0 Å². The highest BCUT2D eigenvalue weighted by molar-refractivity contribution is 5.24. The Morgan fingerprint density at radius 1 is 1.38 bits per heavy atom. The first-order valence-electron chi connectivity index (χ1n) is 5.83. The van der Waals surface area contributed by atoms with E-state index in [-0.39, 0.29) is 5.60 Å². The molecule has 0 spiro atoms. The number of hydrogen-bond donors (Lipinski definition) is 1. The molecular formula is C14H22O2. The van der Waals surface area contributed by atoms with Gasteiger partial charge in [-0.05, 0) is 32.8 Å². The maximum absolute atomic E-state index is 9.98. The van der Waals surface area contributed by atoms with Crippen LogP contribution in [-0.4, -0.2) is 17.3 Å². The van der Waals surface area contributed by atoms with Crippen molar-refractivity contribution in [2.75, 3.05) is 6.61 Å². The Kier molecular flexibility index (Phi) is 4.51. The largest absolute Gasteiger partial charge is 0.386 e. The Hall–Kier alpha value is -0.860. The van der Waals surface area contributed by atoms with Crippen LogP contribution in [0.4, 0.5) is 0 Å². The van der Waals surface area contributed by atoms with Crippen molar-refractivity contribution in [1.82, 2.24) is 0 Å². The third-order valence-electron chi connectivity index (χ3n) is 2.91. The average molecular weight is 222 g/mol. The molecule has 0 amide bonds. The fourth-order valence-electron chi connectivity index (χ4n) is 1.38. The Balaban J connectivity index is 2.56. The summed E-state index contributed by atoms with van der Waals surface area (Å²) in [5.41, 5.74) is 1.92. The number of ether oxygens (including phenoxy) is 1. The molecule has 1 unspecified atom stereocenters. The van der Waals surface area contributed by atoms with Crippen LogP contribution in [0.1, 0.15) is 44.4 Å². The lowest BCUT2D eigenvalue weighted by atomic mass is 10.1. The van der Waals surface area contributed by atoms with E-state index in [1.54, 1.807) is 0 Å². The van der Waals surface area contributed by atoms with Crippen molar-refractivity contribution in [3.05, 3.63) is 35.4 Å². The zero-order valence-corrected chi connectivity index (χ0v) is 10.7. The van der Waals surface area contributed by atoms with E-state index in [2.05, 4.69) is 6.92 Å². The molecule has 0 aliphatic rings. The molecule has 1 atom stereocenters. The minimum atomic E-state index is -0.536. The Labute approximate surface area is 98.3 Å². The van der Waals surface area contributed by atoms with E-state index in [0.29, 0.717) is 6.61 Å². The molecule has 0 aliphatic heterocycles. The lowest BCUT2D eigenvalue weighted by Crippen LogP contribution is -2.25. The predicted molar refractivity (Wildman–Crippen MR) is 66.5 cm³/mol. The van der Waals surface area contributed by atoms with Crippen molar-refractivity contribution in [3.63, 3.8) is 0 Å². The molecule has 0 aromatic heterocycles. The van der Waals surface area contributed by atoms with Gasteiger partial charge < -0.3 is 9.84 Å². The fraction of sp³-hybridized carbons (Fsp3) is 0.571. The number of aryl methyl sites for hydroxylation is 1. The van der Waals surface area contributed by atoms with E-state index in [9.17, 15) is 5.11 Å². The first-order valence-corrected chi connectivity index (χ1v) is 5.83. The second-order valence-corrected chi connectivity index (χ2v) is 4.85. The van der Waals surface area contributed by atoms with Crippen LogP contribution in [-0.2, 0) is 4.74 Å². The summed E-state index contributed by atoms with van der Waals surface area (Å²) in [4.78, 5) is 0. The van der Waals surface area contributed by atoms with Gasteiger partial charge in [-0.15, -0.1) is 0 Å². The number of benzene rings is 1. The highest BCUT2D eigenvalue weighted by atomic mass is 16.5. The number of aliphatic hydroxyl groups is 1. The summed E-state index contributed by atoms with van der Waals surface area (Å²) in [7, 11) is 0. The van der Waals surface area contributed by atoms with E-state index < -0.39 is 6.10 Å². The third kappa shape index (κ3) is 3.95. The molecule has 0 saturated carbocycles. The van der Waals surface area contributed by atoms with Crippen molar-refractivity contribution >= 4 is 0 Å². The summed E-state index contributed by atoms with van der Waals surface area (Å²) < 4.78 is 5.68. The predicted octanol–water partition coefficient (Wildman–Crippen LogP) is 3.23. The van der Waals surface area contributed by atoms with E-state index in [1.807, 2.05) is 45.0 Å². The van der Waals surface area contributed by atoms with Gasteiger partial charge in [0.15, 0.2) is 0 Å². The van der Waals surface area contributed by atoms with Crippen molar-refractivity contribution in [2.45, 2.75) is 45.8 Å². The zero-order chi connectivity index (χ0) is 12.2. The molecule has 0 saturated heterocycles. The smallest absolute Gasteiger partial charge is 0.102 e. The second kappa shape index (κ2) is 5.46. The average Bonchev–Trinajstić information content (AvgIpc) is 2.26. The standard InChI is InChI=1S/C14H22O2/c1-5-14(3,4)16-10-13(15)12-8-6-7-11(2)9-12/h6-9,13,15H,5,10H2,1-4H3. The fourth-order valence-corrected chi connectivity index (χ4v) is 1.38. The molecule has 16 heavy (non-hydrogen) atoms. The van der Waals surface area contributed by atoms with Gasteiger partial charge in [-0.3, -0.25) is 0 Å². The molecule has 1 aromatic rings. The summed E-state index contributed by atoms with van der Waals surface area (Å²) in [5.74, 6) is 0. The van der Waals surface area contributed by atoms with E-state index in [1.165, 1.54) is 0 Å². The van der Waals surface area contributed by atoms with Gasteiger partial charge in [-0.2, -0.15) is 0 Å². The summed E-state index contributed by atoms with van der Waals surface area (Å²) in [6.45, 7) is 8.53. The van der Waals surface area contributed by atoms with Crippen molar-refractivity contribution in [2.24, 2.45) is 0 Å². The summed E-state index contributed by atoms with van der Waals surface area (Å²) in [6, 6.07) is 7.90. The summed E-state index contributed by atoms with van der Waals surface area (Å²) >= 11 is 0. The molecule has 1 N–H and O–H groups in total. The minimum Gasteiger partial charge on any atom is -0.386 e. The molecule has 2 nitrogen and oxygen atoms in total. The molecule has 90 valence electrons. The van der Waals surface area contributed by atoms with Crippen LogP contribution in [0.25, 0.3) is 0 Å². The summed E-state index contributed by atoms with van der Waals surface area (Å²) in [5, 5.41) is 9.98. The normalized spacial score (nSPS) is 13.8. The van der Waals surface area contributed by atoms with Gasteiger partial charge in [0.25, 0.3) is 0 Å². The maximum atomic E-state index is 9.98. The van der Waals surface area contributed by atoms with Gasteiger partial charge in [0.05, 0.1) is 12.2 Å². The number of hydrogen-bond acceptors (Lipinski definition) is 2. The highest BCUT2D eigenvalue weighted by Gasteiger charge is 2.18. The van der Waals surface area contributed by atoms with E-state index >= 15 is 0 Å². The number of aliphatic hydroxyl groups excluding tert-OH is 1. The topological polar surface area (TPSA) is 29.5 Å². The van der Waals surface area contributed by atoms with Crippen LogP contribution in [0, 0.1) is 6.92 Å². The van der Waals surface area contributed by atoms with Gasteiger partial charge in [0, 0.05) is 0 Å². The second-order valence-electron chi connectivity index (χ2n) is 4.85. The molecule has 1 rings (SSSR count). The highest BCUT2D eigenvalue weighted by Crippen LogP contribution is 2.19. The molecule has 1 aromatic carbocycles. The van der Waals surface area contributed by atoms with Gasteiger partial charge in [0.2, 0.25) is 0 Å². The van der Waals surface area contributed by atoms with Crippen molar-refractivity contribution in [3.8, 4) is 0 Å². The van der Waals surface area contributed by atoms with Crippen molar-refractivity contribution < 1.29 is 9.84 Å². The monoisotopic (exact) mass is 222 g/mol. The van der Waals surface area contributed by atoms with Crippen LogP contribution in [0.15, 0.2) is 24.3 Å². The molecule has 0 radical (unpaired) electrons. The van der Waals surface area contributed by atoms with Gasteiger partial charge in [-0.25, -0.2) is 0 Å². The van der Waals surface area contributed by atoms with Crippen molar-refractivity contribution in [1.29, 1.82) is 0 Å². The lowest BCUT2D eigenvalue weighted by molar-refractivity contribution is -0.0618. The third-order valence-corrected chi connectivity index (χ3v) is 2.91. The maximum Gasteiger partial charge on any atom is 0.102 e. The molecule has 0 aliphatic carbocycles. The van der Waals surface area contributed by atoms with Crippen LogP contribution in [0.3, 0.4) is 0 Å². The minimum absolute atomic E-state index is 0.162. The molecule has 0 fully saturated rings. The Morgan fingerprint density at radius 3 is 2.62 bits per heavy atom. The first kappa shape index (κ1) is 13.2. The molecule has 0 heterocycles. The summed E-state index contributed by atoms with van der Waals surface area (Å²) in [6.07, 6.45) is 0.402. The van der Waals surface area contributed by atoms with E-state index in [0.717, 1.165) is 17.5 Å². The molecule has 0 bridgehead atoms. The SMILES string of the molecule is CCC(C)(C)OCC(O)c1cccc(C)c1. The van der Waals surface area contributed by atoms with Gasteiger partial charge >= 0.3 is 0 Å². The van der Waals surface area contributed by atoms with Crippen LogP contribution >= 0.6 is 0 Å². The molecule has 2 heteroatoms. The lowest BCUT2D eigenvalue weighted by Gasteiger charge is -2.25. The Morgan fingerprint density at radius 2 is 2.06 bits per heavy atom. The number of rotatable bonds is 5. The van der Waals surface area contributed by atoms with Crippen LogP contribution in [0.2, 0.25) is 0 Å².